The Kier molecular flexibility index (Phi) is 3.67. The zero-order chi connectivity index (χ0) is 11.5. The molecule has 0 aliphatic carbocycles. The fourth-order valence-corrected chi connectivity index (χ4v) is 2.27. The fraction of sp³-hybridized carbons (Fsp3) is 0.125. The van der Waals surface area contributed by atoms with E-state index in [9.17, 15) is 13.2 Å². The van der Waals surface area contributed by atoms with E-state index in [2.05, 4.69) is 0 Å². The molecule has 1 amide bonds. The third-order valence-electron chi connectivity index (χ3n) is 1.49. The summed E-state index contributed by atoms with van der Waals surface area (Å²) >= 11 is 5.69. The standard InChI is InChI=1S/C8H9ClN2O3S/c1-6(12)10-11-15(13,14)8-5-3-2-4-7(8)9/h2-5,11H,1H3,(H,10,12). The van der Waals surface area contributed by atoms with E-state index in [0.29, 0.717) is 0 Å². The van der Waals surface area contributed by atoms with Gasteiger partial charge < -0.3 is 0 Å². The molecular formula is C8H9ClN2O3S. The summed E-state index contributed by atoms with van der Waals surface area (Å²) in [6, 6.07) is 5.93. The summed E-state index contributed by atoms with van der Waals surface area (Å²) < 4.78 is 23.1. The maximum atomic E-state index is 11.5. The van der Waals surface area contributed by atoms with E-state index in [1.165, 1.54) is 25.1 Å². The van der Waals surface area contributed by atoms with Crippen molar-refractivity contribution in [3.63, 3.8) is 0 Å². The maximum absolute atomic E-state index is 11.5. The molecule has 0 spiro atoms. The van der Waals surface area contributed by atoms with Crippen molar-refractivity contribution in [2.45, 2.75) is 11.8 Å². The van der Waals surface area contributed by atoms with Gasteiger partial charge in [0.05, 0.1) is 5.02 Å². The van der Waals surface area contributed by atoms with E-state index in [0.717, 1.165) is 0 Å². The molecule has 2 N–H and O–H groups in total. The summed E-state index contributed by atoms with van der Waals surface area (Å²) in [6.07, 6.45) is 0. The Morgan fingerprint density at radius 1 is 1.33 bits per heavy atom. The van der Waals surface area contributed by atoms with Crippen molar-refractivity contribution in [1.82, 2.24) is 10.3 Å². The quantitative estimate of drug-likeness (QED) is 0.772. The lowest BCUT2D eigenvalue weighted by molar-refractivity contribution is -0.119. The number of hydrogen-bond donors (Lipinski definition) is 2. The van der Waals surface area contributed by atoms with Gasteiger partial charge in [0.2, 0.25) is 5.91 Å². The zero-order valence-corrected chi connectivity index (χ0v) is 9.39. The van der Waals surface area contributed by atoms with Gasteiger partial charge in [-0.3, -0.25) is 10.2 Å². The molecule has 5 nitrogen and oxygen atoms in total. The van der Waals surface area contributed by atoms with E-state index < -0.39 is 15.9 Å². The van der Waals surface area contributed by atoms with Gasteiger partial charge in [0.25, 0.3) is 10.0 Å². The van der Waals surface area contributed by atoms with Crippen LogP contribution < -0.4 is 10.3 Å². The van der Waals surface area contributed by atoms with Crippen LogP contribution >= 0.6 is 11.6 Å². The smallest absolute Gasteiger partial charge is 0.258 e. The Bertz CT molecular complexity index is 473. The molecule has 82 valence electrons. The molecule has 0 unspecified atom stereocenters. The van der Waals surface area contributed by atoms with Crippen LogP contribution in [-0.4, -0.2) is 14.3 Å². The SMILES string of the molecule is CC(=O)NNS(=O)(=O)c1ccccc1Cl. The Morgan fingerprint density at radius 2 is 1.93 bits per heavy atom. The highest BCUT2D eigenvalue weighted by Crippen LogP contribution is 2.19. The first-order valence-electron chi connectivity index (χ1n) is 3.96. The molecule has 1 rings (SSSR count). The molecule has 0 aliphatic rings. The normalized spacial score (nSPS) is 11.1. The van der Waals surface area contributed by atoms with Crippen molar-refractivity contribution in [1.29, 1.82) is 0 Å². The Hall–Kier alpha value is -1.11. The molecule has 15 heavy (non-hydrogen) atoms. The first-order chi connectivity index (χ1) is 6.93. The van der Waals surface area contributed by atoms with Crippen molar-refractivity contribution in [3.05, 3.63) is 29.3 Å². The summed E-state index contributed by atoms with van der Waals surface area (Å²) in [6.45, 7) is 1.19. The Labute approximate surface area is 92.5 Å². The minimum atomic E-state index is -3.80. The number of carbonyl (C=O) groups is 1. The summed E-state index contributed by atoms with van der Waals surface area (Å²) in [5, 5.41) is 0.0929. The van der Waals surface area contributed by atoms with E-state index >= 15 is 0 Å². The first-order valence-corrected chi connectivity index (χ1v) is 5.82. The molecule has 0 aliphatic heterocycles. The number of rotatable bonds is 3. The van der Waals surface area contributed by atoms with Crippen LogP contribution in [0.2, 0.25) is 5.02 Å². The zero-order valence-electron chi connectivity index (χ0n) is 7.82. The summed E-state index contributed by atoms with van der Waals surface area (Å²) in [5.74, 6) is -0.509. The molecule has 0 fully saturated rings. The van der Waals surface area contributed by atoms with Crippen molar-refractivity contribution in [2.75, 3.05) is 0 Å². The van der Waals surface area contributed by atoms with E-state index in [4.69, 9.17) is 11.6 Å². The summed E-state index contributed by atoms with van der Waals surface area (Å²) in [5.41, 5.74) is 1.98. The van der Waals surface area contributed by atoms with Crippen LogP contribution in [-0.2, 0) is 14.8 Å². The molecule has 7 heteroatoms. The minimum Gasteiger partial charge on any atom is -0.278 e. The van der Waals surface area contributed by atoms with Crippen molar-refractivity contribution < 1.29 is 13.2 Å². The predicted molar refractivity (Wildman–Crippen MR) is 55.6 cm³/mol. The second kappa shape index (κ2) is 4.61. The van der Waals surface area contributed by atoms with Crippen molar-refractivity contribution in [2.24, 2.45) is 0 Å². The number of halogens is 1. The number of benzene rings is 1. The summed E-state index contributed by atoms with van der Waals surface area (Å²) in [7, 11) is -3.80. The molecule has 0 radical (unpaired) electrons. The van der Waals surface area contributed by atoms with Gasteiger partial charge in [0.15, 0.2) is 0 Å². The molecular weight excluding hydrogens is 240 g/mol. The van der Waals surface area contributed by atoms with Crippen LogP contribution in [0.1, 0.15) is 6.92 Å². The maximum Gasteiger partial charge on any atom is 0.258 e. The van der Waals surface area contributed by atoms with Gasteiger partial charge >= 0.3 is 0 Å². The van der Waals surface area contributed by atoms with E-state index in [1.54, 1.807) is 6.07 Å². The Morgan fingerprint density at radius 3 is 2.47 bits per heavy atom. The van der Waals surface area contributed by atoms with Crippen LogP contribution in [0.5, 0.6) is 0 Å². The number of hydrazine groups is 1. The average molecular weight is 249 g/mol. The van der Waals surface area contributed by atoms with Gasteiger partial charge in [-0.05, 0) is 12.1 Å². The molecule has 0 atom stereocenters. The molecule has 0 bridgehead atoms. The van der Waals surface area contributed by atoms with Gasteiger partial charge in [0, 0.05) is 6.92 Å². The number of amides is 1. The average Bonchev–Trinajstić information content (AvgIpc) is 2.15. The van der Waals surface area contributed by atoms with Crippen LogP contribution in [0.15, 0.2) is 29.2 Å². The van der Waals surface area contributed by atoms with Crippen LogP contribution in [0.4, 0.5) is 0 Å². The third-order valence-corrected chi connectivity index (χ3v) is 3.24. The molecule has 0 heterocycles. The fourth-order valence-electron chi connectivity index (χ4n) is 0.857. The molecule has 0 saturated heterocycles. The second-order valence-electron chi connectivity index (χ2n) is 2.72. The number of carbonyl (C=O) groups excluding carboxylic acids is 1. The van der Waals surface area contributed by atoms with Crippen LogP contribution in [0, 0.1) is 0 Å². The van der Waals surface area contributed by atoms with Crippen LogP contribution in [0.3, 0.4) is 0 Å². The highest BCUT2D eigenvalue weighted by Gasteiger charge is 2.16. The van der Waals surface area contributed by atoms with Crippen molar-refractivity contribution >= 4 is 27.5 Å². The highest BCUT2D eigenvalue weighted by molar-refractivity contribution is 7.89. The van der Waals surface area contributed by atoms with E-state index in [1.807, 2.05) is 10.3 Å². The molecule has 0 aromatic heterocycles. The summed E-state index contributed by atoms with van der Waals surface area (Å²) in [4.78, 5) is 12.4. The second-order valence-corrected chi connectivity index (χ2v) is 4.78. The number of hydrogen-bond acceptors (Lipinski definition) is 3. The Balaban J connectivity index is 2.97. The lowest BCUT2D eigenvalue weighted by atomic mass is 10.4. The lowest BCUT2D eigenvalue weighted by Gasteiger charge is -2.07. The predicted octanol–water partition coefficient (Wildman–Crippen LogP) is 0.669. The lowest BCUT2D eigenvalue weighted by Crippen LogP contribution is -2.40. The van der Waals surface area contributed by atoms with Crippen molar-refractivity contribution in [3.8, 4) is 0 Å². The van der Waals surface area contributed by atoms with Gasteiger partial charge in [-0.25, -0.2) is 8.42 Å². The largest absolute Gasteiger partial charge is 0.278 e. The van der Waals surface area contributed by atoms with Gasteiger partial charge in [0.1, 0.15) is 4.90 Å². The molecule has 1 aromatic carbocycles. The van der Waals surface area contributed by atoms with E-state index in [-0.39, 0.29) is 9.92 Å². The van der Waals surface area contributed by atoms with Crippen LogP contribution in [0.25, 0.3) is 0 Å². The van der Waals surface area contributed by atoms with Gasteiger partial charge in [-0.2, -0.15) is 0 Å². The number of nitrogens with one attached hydrogen (secondary N) is 2. The minimum absolute atomic E-state index is 0.0829. The van der Waals surface area contributed by atoms with Gasteiger partial charge in [-0.15, -0.1) is 4.83 Å². The number of sulfonamides is 1. The molecule has 1 aromatic rings. The van der Waals surface area contributed by atoms with Gasteiger partial charge in [-0.1, -0.05) is 23.7 Å². The first kappa shape index (κ1) is 12.0. The highest BCUT2D eigenvalue weighted by atomic mass is 35.5. The topological polar surface area (TPSA) is 75.3 Å². The monoisotopic (exact) mass is 248 g/mol. The third kappa shape index (κ3) is 3.19. The molecule has 0 saturated carbocycles.